The van der Waals surface area contributed by atoms with Gasteiger partial charge in [-0.05, 0) is 38.3 Å². The first-order valence-corrected chi connectivity index (χ1v) is 6.48. The van der Waals surface area contributed by atoms with Gasteiger partial charge in [0.25, 0.3) is 0 Å². The molecule has 0 aliphatic carbocycles. The van der Waals surface area contributed by atoms with Crippen molar-refractivity contribution in [2.75, 3.05) is 13.7 Å². The Labute approximate surface area is 113 Å². The van der Waals surface area contributed by atoms with Gasteiger partial charge in [-0.15, -0.1) is 0 Å². The number of methoxy groups -OCH3 is 1. The Bertz CT molecular complexity index is 483. The molecule has 4 nitrogen and oxygen atoms in total. The van der Waals surface area contributed by atoms with Crippen molar-refractivity contribution in [3.63, 3.8) is 0 Å². The van der Waals surface area contributed by atoms with Gasteiger partial charge < -0.3 is 14.6 Å². The van der Waals surface area contributed by atoms with E-state index in [1.54, 1.807) is 7.11 Å². The molecular weight excluding hydrogens is 244 g/mol. The maximum Gasteiger partial charge on any atom is 0.312 e. The highest BCUT2D eigenvalue weighted by atomic mass is 16.5. The van der Waals surface area contributed by atoms with E-state index in [-0.39, 0.29) is 6.10 Å². The van der Waals surface area contributed by atoms with Gasteiger partial charge in [-0.25, -0.2) is 0 Å². The molecule has 1 heterocycles. The van der Waals surface area contributed by atoms with Gasteiger partial charge in [-0.3, -0.25) is 4.79 Å². The molecule has 4 heteroatoms. The van der Waals surface area contributed by atoms with Crippen LogP contribution in [0, 0.1) is 12.3 Å². The summed E-state index contributed by atoms with van der Waals surface area (Å²) < 4.78 is 10.8. The first-order valence-electron chi connectivity index (χ1n) is 6.48. The van der Waals surface area contributed by atoms with Crippen molar-refractivity contribution in [2.45, 2.75) is 32.8 Å². The highest BCUT2D eigenvalue weighted by Gasteiger charge is 2.48. The monoisotopic (exact) mass is 264 g/mol. The summed E-state index contributed by atoms with van der Waals surface area (Å²) in [6.07, 6.45) is 0.699. The minimum atomic E-state index is -0.846. The Morgan fingerprint density at radius 2 is 2.32 bits per heavy atom. The van der Waals surface area contributed by atoms with Crippen molar-refractivity contribution in [1.29, 1.82) is 0 Å². The molecule has 1 fully saturated rings. The second-order valence-corrected chi connectivity index (χ2v) is 5.22. The fourth-order valence-corrected chi connectivity index (χ4v) is 2.75. The van der Waals surface area contributed by atoms with E-state index in [1.165, 1.54) is 0 Å². The number of rotatable bonds is 4. The Morgan fingerprint density at radius 1 is 1.58 bits per heavy atom. The Morgan fingerprint density at radius 3 is 2.84 bits per heavy atom. The van der Waals surface area contributed by atoms with Gasteiger partial charge in [0.15, 0.2) is 0 Å². The lowest BCUT2D eigenvalue weighted by Gasteiger charge is -2.28. The zero-order chi connectivity index (χ0) is 14.0. The molecule has 2 rings (SSSR count). The summed E-state index contributed by atoms with van der Waals surface area (Å²) in [7, 11) is 1.61. The first kappa shape index (κ1) is 13.9. The molecule has 0 spiro atoms. The molecular formula is C15H20O4. The van der Waals surface area contributed by atoms with Crippen LogP contribution in [-0.2, 0) is 16.0 Å². The molecule has 1 aliphatic heterocycles. The molecule has 1 saturated heterocycles. The molecule has 2 unspecified atom stereocenters. The number of aryl methyl sites for hydroxylation is 1. The van der Waals surface area contributed by atoms with Crippen LogP contribution in [0.4, 0.5) is 0 Å². The molecule has 1 aromatic carbocycles. The average Bonchev–Trinajstić information content (AvgIpc) is 2.72. The van der Waals surface area contributed by atoms with Crippen LogP contribution in [0.25, 0.3) is 0 Å². The lowest BCUT2D eigenvalue weighted by Crippen LogP contribution is -2.39. The molecule has 1 aliphatic rings. The number of carboxylic acid groups (broad SMARTS) is 1. The molecule has 19 heavy (non-hydrogen) atoms. The lowest BCUT2D eigenvalue weighted by molar-refractivity contribution is -0.151. The summed E-state index contributed by atoms with van der Waals surface area (Å²) in [6.45, 7) is 4.33. The van der Waals surface area contributed by atoms with Crippen molar-refractivity contribution >= 4 is 5.97 Å². The first-order chi connectivity index (χ1) is 8.99. The van der Waals surface area contributed by atoms with Gasteiger partial charge >= 0.3 is 5.97 Å². The third-order valence-corrected chi connectivity index (χ3v) is 4.06. The van der Waals surface area contributed by atoms with E-state index in [1.807, 2.05) is 32.0 Å². The van der Waals surface area contributed by atoms with Crippen molar-refractivity contribution in [3.8, 4) is 5.75 Å². The molecule has 0 amide bonds. The van der Waals surface area contributed by atoms with Crippen LogP contribution < -0.4 is 4.74 Å². The van der Waals surface area contributed by atoms with E-state index in [9.17, 15) is 9.90 Å². The Hall–Kier alpha value is -1.55. The average molecular weight is 264 g/mol. The van der Waals surface area contributed by atoms with Crippen molar-refractivity contribution in [3.05, 3.63) is 29.3 Å². The predicted molar refractivity (Wildman–Crippen MR) is 71.5 cm³/mol. The highest BCUT2D eigenvalue weighted by molar-refractivity contribution is 5.76. The number of hydrogen-bond donors (Lipinski definition) is 1. The van der Waals surface area contributed by atoms with Crippen LogP contribution in [0.5, 0.6) is 5.75 Å². The van der Waals surface area contributed by atoms with Crippen LogP contribution in [0.3, 0.4) is 0 Å². The summed E-state index contributed by atoms with van der Waals surface area (Å²) in [5.41, 5.74) is 1.19. The van der Waals surface area contributed by atoms with Crippen molar-refractivity contribution in [2.24, 2.45) is 5.41 Å². The summed E-state index contributed by atoms with van der Waals surface area (Å²) in [5, 5.41) is 9.61. The van der Waals surface area contributed by atoms with E-state index in [0.717, 1.165) is 16.9 Å². The summed E-state index contributed by atoms with van der Waals surface area (Å²) in [5.74, 6) is -0.0496. The van der Waals surface area contributed by atoms with Gasteiger partial charge in [0, 0.05) is 6.61 Å². The number of carbonyl (C=O) groups is 1. The molecule has 1 aromatic rings. The second kappa shape index (κ2) is 5.21. The number of aliphatic carboxylic acids is 1. The maximum atomic E-state index is 11.7. The molecule has 0 aromatic heterocycles. The van der Waals surface area contributed by atoms with E-state index in [4.69, 9.17) is 9.47 Å². The van der Waals surface area contributed by atoms with Crippen LogP contribution in [0.1, 0.15) is 24.5 Å². The van der Waals surface area contributed by atoms with Crippen molar-refractivity contribution in [1.82, 2.24) is 0 Å². The lowest BCUT2D eigenvalue weighted by atomic mass is 9.76. The van der Waals surface area contributed by atoms with Crippen LogP contribution >= 0.6 is 0 Å². The molecule has 0 radical (unpaired) electrons. The number of hydrogen-bond acceptors (Lipinski definition) is 3. The quantitative estimate of drug-likeness (QED) is 0.907. The van der Waals surface area contributed by atoms with Gasteiger partial charge in [-0.2, -0.15) is 0 Å². The summed E-state index contributed by atoms with van der Waals surface area (Å²) in [4.78, 5) is 11.7. The van der Waals surface area contributed by atoms with E-state index >= 15 is 0 Å². The largest absolute Gasteiger partial charge is 0.496 e. The molecule has 1 N–H and O–H groups in total. The van der Waals surface area contributed by atoms with E-state index < -0.39 is 11.4 Å². The molecule has 0 saturated carbocycles. The Balaban J connectivity index is 2.37. The fraction of sp³-hybridized carbons (Fsp3) is 0.533. The van der Waals surface area contributed by atoms with Gasteiger partial charge in [0.05, 0.1) is 18.6 Å². The van der Waals surface area contributed by atoms with Crippen LogP contribution in [-0.4, -0.2) is 30.9 Å². The molecule has 0 bridgehead atoms. The normalized spacial score (nSPS) is 26.4. The smallest absolute Gasteiger partial charge is 0.312 e. The number of benzene rings is 1. The zero-order valence-corrected chi connectivity index (χ0v) is 11.6. The second-order valence-electron chi connectivity index (χ2n) is 5.22. The summed E-state index contributed by atoms with van der Waals surface area (Å²) in [6, 6.07) is 5.85. The third kappa shape index (κ3) is 2.45. The van der Waals surface area contributed by atoms with Crippen LogP contribution in [0.15, 0.2) is 18.2 Å². The third-order valence-electron chi connectivity index (χ3n) is 4.06. The predicted octanol–water partition coefficient (Wildman–Crippen LogP) is 2.43. The topological polar surface area (TPSA) is 55.8 Å². The van der Waals surface area contributed by atoms with Gasteiger partial charge in [0.2, 0.25) is 0 Å². The van der Waals surface area contributed by atoms with Gasteiger partial charge in [-0.1, -0.05) is 17.7 Å². The van der Waals surface area contributed by atoms with E-state index in [0.29, 0.717) is 19.4 Å². The van der Waals surface area contributed by atoms with Gasteiger partial charge in [0.1, 0.15) is 5.75 Å². The van der Waals surface area contributed by atoms with Crippen molar-refractivity contribution < 1.29 is 19.4 Å². The number of ether oxygens (including phenoxy) is 2. The van der Waals surface area contributed by atoms with E-state index in [2.05, 4.69) is 0 Å². The minimum absolute atomic E-state index is 0.282. The Kier molecular flexibility index (Phi) is 3.80. The number of carboxylic acids is 1. The molecule has 2 atom stereocenters. The summed E-state index contributed by atoms with van der Waals surface area (Å²) >= 11 is 0. The fourth-order valence-electron chi connectivity index (χ4n) is 2.75. The SMILES string of the molecule is COc1ccc(C)cc1CC1(C(=O)O)CCOC1C. The minimum Gasteiger partial charge on any atom is -0.496 e. The standard InChI is InChI=1S/C15H20O4/c1-10-4-5-13(18-3)12(8-10)9-15(14(16)17)6-7-19-11(15)2/h4-5,8,11H,6-7,9H2,1-3H3,(H,16,17). The van der Waals surface area contributed by atoms with Crippen LogP contribution in [0.2, 0.25) is 0 Å². The molecule has 104 valence electrons. The zero-order valence-electron chi connectivity index (χ0n) is 11.6. The maximum absolute atomic E-state index is 11.7. The highest BCUT2D eigenvalue weighted by Crippen LogP contribution is 2.40.